The van der Waals surface area contributed by atoms with Crippen molar-refractivity contribution < 1.29 is 9.53 Å². The maximum absolute atomic E-state index is 12.3. The topological polar surface area (TPSA) is 84.1 Å². The van der Waals surface area contributed by atoms with Crippen LogP contribution in [-0.2, 0) is 4.74 Å². The van der Waals surface area contributed by atoms with Crippen molar-refractivity contribution >= 4 is 16.9 Å². The summed E-state index contributed by atoms with van der Waals surface area (Å²) in [6.45, 7) is 3.02. The summed E-state index contributed by atoms with van der Waals surface area (Å²) in [6.07, 6.45) is 3.43. The maximum Gasteiger partial charge on any atom is 0.256 e. The van der Waals surface area contributed by atoms with Crippen LogP contribution in [0.1, 0.15) is 28.9 Å². The first-order chi connectivity index (χ1) is 10.1. The van der Waals surface area contributed by atoms with E-state index in [1.165, 1.54) is 6.20 Å². The van der Waals surface area contributed by atoms with Crippen LogP contribution in [0.25, 0.3) is 11.0 Å². The number of amides is 1. The largest absolute Gasteiger partial charge is 0.376 e. The van der Waals surface area contributed by atoms with Crippen molar-refractivity contribution in [1.82, 2.24) is 15.3 Å². The van der Waals surface area contributed by atoms with Crippen LogP contribution in [0.5, 0.6) is 0 Å². The zero-order chi connectivity index (χ0) is 14.8. The second-order valence-electron chi connectivity index (χ2n) is 5.23. The lowest BCUT2D eigenvalue weighted by atomic mass is 10.1. The van der Waals surface area contributed by atoms with Crippen molar-refractivity contribution in [2.75, 3.05) is 13.2 Å². The minimum atomic E-state index is -0.380. The number of H-pyrrole nitrogens is 1. The van der Waals surface area contributed by atoms with Crippen LogP contribution in [0, 0.1) is 6.92 Å². The molecule has 0 spiro atoms. The zero-order valence-electron chi connectivity index (χ0n) is 11.8. The summed E-state index contributed by atoms with van der Waals surface area (Å²) < 4.78 is 5.44. The van der Waals surface area contributed by atoms with E-state index in [-0.39, 0.29) is 23.0 Å². The van der Waals surface area contributed by atoms with E-state index in [2.05, 4.69) is 15.3 Å². The standard InChI is InChI=1S/C15H17N3O3/c1-9-4-5-11-13(19)12(8-16-14(11)18-9)15(20)17-7-10-3-2-6-21-10/h4-5,8,10H,2-3,6-7H2,1H3,(H,17,20)(H,16,18,19). The Morgan fingerprint density at radius 2 is 2.38 bits per heavy atom. The Balaban J connectivity index is 1.82. The number of carbonyl (C=O) groups excluding carboxylic acids is 1. The molecular weight excluding hydrogens is 270 g/mol. The summed E-state index contributed by atoms with van der Waals surface area (Å²) >= 11 is 0. The Morgan fingerprint density at radius 1 is 1.52 bits per heavy atom. The Hall–Kier alpha value is -2.21. The molecule has 1 fully saturated rings. The lowest BCUT2D eigenvalue weighted by molar-refractivity contribution is 0.0857. The molecule has 1 unspecified atom stereocenters. The highest BCUT2D eigenvalue weighted by molar-refractivity contribution is 5.96. The van der Waals surface area contributed by atoms with Gasteiger partial charge in [-0.15, -0.1) is 0 Å². The van der Waals surface area contributed by atoms with Crippen molar-refractivity contribution in [2.45, 2.75) is 25.9 Å². The lowest BCUT2D eigenvalue weighted by Crippen LogP contribution is -2.34. The molecule has 21 heavy (non-hydrogen) atoms. The third-order valence-corrected chi connectivity index (χ3v) is 3.64. The number of nitrogens with zero attached hydrogens (tertiary/aromatic N) is 1. The van der Waals surface area contributed by atoms with Gasteiger partial charge in [0.15, 0.2) is 0 Å². The second kappa shape index (κ2) is 5.65. The van der Waals surface area contributed by atoms with Gasteiger partial charge in [-0.05, 0) is 31.9 Å². The van der Waals surface area contributed by atoms with E-state index in [1.54, 1.807) is 12.1 Å². The number of rotatable bonds is 3. The molecule has 1 atom stereocenters. The molecule has 3 heterocycles. The fraction of sp³-hybridized carbons (Fsp3) is 0.400. The number of pyridine rings is 2. The first-order valence-corrected chi connectivity index (χ1v) is 7.04. The third kappa shape index (κ3) is 2.80. The molecule has 0 radical (unpaired) electrons. The van der Waals surface area contributed by atoms with Gasteiger partial charge in [0.1, 0.15) is 11.2 Å². The van der Waals surface area contributed by atoms with Crippen molar-refractivity contribution in [3.8, 4) is 0 Å². The number of hydrogen-bond acceptors (Lipinski definition) is 4. The highest BCUT2D eigenvalue weighted by Gasteiger charge is 2.18. The van der Waals surface area contributed by atoms with Gasteiger partial charge in [0.2, 0.25) is 5.43 Å². The van der Waals surface area contributed by atoms with Crippen molar-refractivity contribution in [3.05, 3.63) is 39.8 Å². The van der Waals surface area contributed by atoms with Crippen molar-refractivity contribution in [1.29, 1.82) is 0 Å². The van der Waals surface area contributed by atoms with E-state index in [0.717, 1.165) is 25.1 Å². The summed E-state index contributed by atoms with van der Waals surface area (Å²) in [5, 5.41) is 3.18. The fourth-order valence-corrected chi connectivity index (χ4v) is 2.48. The Bertz CT molecular complexity index is 733. The van der Waals surface area contributed by atoms with Crippen LogP contribution in [0.4, 0.5) is 0 Å². The molecule has 1 saturated heterocycles. The highest BCUT2D eigenvalue weighted by Crippen LogP contribution is 2.11. The Labute approximate surface area is 121 Å². The van der Waals surface area contributed by atoms with Crippen LogP contribution in [0.2, 0.25) is 0 Å². The van der Waals surface area contributed by atoms with Gasteiger partial charge in [0.05, 0.1) is 11.5 Å². The first kappa shape index (κ1) is 13.8. The van der Waals surface area contributed by atoms with E-state index in [1.807, 2.05) is 6.92 Å². The summed E-state index contributed by atoms with van der Waals surface area (Å²) in [5.74, 6) is -0.380. The SMILES string of the molecule is Cc1ccc2c(=O)c(C(=O)NCC3CCCO3)c[nH]c2n1. The number of carbonyl (C=O) groups is 1. The van der Waals surface area contributed by atoms with Gasteiger partial charge >= 0.3 is 0 Å². The van der Waals surface area contributed by atoms with Gasteiger partial charge in [0.25, 0.3) is 5.91 Å². The molecule has 0 bridgehead atoms. The second-order valence-corrected chi connectivity index (χ2v) is 5.23. The van der Waals surface area contributed by atoms with Gasteiger partial charge in [-0.1, -0.05) is 0 Å². The lowest BCUT2D eigenvalue weighted by Gasteiger charge is -2.10. The monoisotopic (exact) mass is 287 g/mol. The molecule has 6 nitrogen and oxygen atoms in total. The van der Waals surface area contributed by atoms with Crippen molar-refractivity contribution in [2.24, 2.45) is 0 Å². The number of hydrogen-bond donors (Lipinski definition) is 2. The number of aromatic nitrogens is 2. The number of aromatic amines is 1. The smallest absolute Gasteiger partial charge is 0.256 e. The molecule has 3 rings (SSSR count). The predicted molar refractivity (Wildman–Crippen MR) is 78.4 cm³/mol. The number of ether oxygens (including phenoxy) is 1. The van der Waals surface area contributed by atoms with Crippen LogP contribution in [0.15, 0.2) is 23.1 Å². The average molecular weight is 287 g/mol. The molecule has 2 aromatic rings. The minimum absolute atomic E-state index is 0.0535. The average Bonchev–Trinajstić information content (AvgIpc) is 2.98. The van der Waals surface area contributed by atoms with Gasteiger partial charge in [-0.25, -0.2) is 4.98 Å². The summed E-state index contributed by atoms with van der Waals surface area (Å²) in [4.78, 5) is 31.6. The quantitative estimate of drug-likeness (QED) is 0.886. The van der Waals surface area contributed by atoms with E-state index >= 15 is 0 Å². The fourth-order valence-electron chi connectivity index (χ4n) is 2.48. The van der Waals surface area contributed by atoms with Crippen molar-refractivity contribution in [3.63, 3.8) is 0 Å². The molecule has 2 aromatic heterocycles. The van der Waals surface area contributed by atoms with E-state index < -0.39 is 0 Å². The summed E-state index contributed by atoms with van der Waals surface area (Å²) in [5.41, 5.74) is 1.11. The molecule has 0 aromatic carbocycles. The van der Waals surface area contributed by atoms with Crippen LogP contribution >= 0.6 is 0 Å². The normalized spacial score (nSPS) is 18.0. The van der Waals surface area contributed by atoms with E-state index in [4.69, 9.17) is 4.74 Å². The number of fused-ring (bicyclic) bond motifs is 1. The third-order valence-electron chi connectivity index (χ3n) is 3.64. The van der Waals surface area contributed by atoms with Gasteiger partial charge in [-0.2, -0.15) is 0 Å². The maximum atomic E-state index is 12.3. The van der Waals surface area contributed by atoms with Gasteiger partial charge in [-0.3, -0.25) is 9.59 Å². The van der Waals surface area contributed by atoms with Crippen LogP contribution < -0.4 is 10.7 Å². The zero-order valence-corrected chi connectivity index (χ0v) is 11.8. The molecule has 6 heteroatoms. The molecule has 0 saturated carbocycles. The molecule has 2 N–H and O–H groups in total. The van der Waals surface area contributed by atoms with Gasteiger partial charge in [0, 0.05) is 25.0 Å². The molecular formula is C15H17N3O3. The molecule has 1 aliphatic rings. The molecule has 1 aliphatic heterocycles. The molecule has 0 aliphatic carbocycles. The summed E-state index contributed by atoms with van der Waals surface area (Å²) in [6, 6.07) is 3.44. The Kier molecular flexibility index (Phi) is 3.70. The number of nitrogens with one attached hydrogen (secondary N) is 2. The van der Waals surface area contributed by atoms with Crippen LogP contribution in [0.3, 0.4) is 0 Å². The van der Waals surface area contributed by atoms with Gasteiger partial charge < -0.3 is 15.0 Å². The van der Waals surface area contributed by atoms with E-state index in [9.17, 15) is 9.59 Å². The Morgan fingerprint density at radius 3 is 3.14 bits per heavy atom. The summed E-state index contributed by atoms with van der Waals surface area (Å²) in [7, 11) is 0. The first-order valence-electron chi connectivity index (χ1n) is 7.04. The molecule has 110 valence electrons. The number of aryl methyl sites for hydroxylation is 1. The van der Waals surface area contributed by atoms with Crippen LogP contribution in [-0.4, -0.2) is 35.1 Å². The van der Waals surface area contributed by atoms with E-state index in [0.29, 0.717) is 17.6 Å². The highest BCUT2D eigenvalue weighted by atomic mass is 16.5. The predicted octanol–water partition coefficient (Wildman–Crippen LogP) is 1.14. The minimum Gasteiger partial charge on any atom is -0.376 e. The molecule has 1 amide bonds.